The summed E-state index contributed by atoms with van der Waals surface area (Å²) in [6, 6.07) is 12.9. The van der Waals surface area contributed by atoms with Gasteiger partial charge in [0.2, 0.25) is 0 Å². The Morgan fingerprint density at radius 3 is 2.00 bits per heavy atom. The first-order chi connectivity index (χ1) is 13.3. The molecule has 150 valence electrons. The second kappa shape index (κ2) is 9.95. The lowest BCUT2D eigenvalue weighted by Crippen LogP contribution is -2.27. The summed E-state index contributed by atoms with van der Waals surface area (Å²) in [4.78, 5) is 13.1. The van der Waals surface area contributed by atoms with Gasteiger partial charge in [0.05, 0.1) is 22.8 Å². The van der Waals surface area contributed by atoms with Crippen molar-refractivity contribution >= 4 is 33.1 Å². The van der Waals surface area contributed by atoms with Crippen LogP contribution in [0.3, 0.4) is 0 Å². The highest BCUT2D eigenvalue weighted by Gasteiger charge is 2.08. The van der Waals surface area contributed by atoms with Crippen molar-refractivity contribution in [3.8, 4) is 0 Å². The Morgan fingerprint density at radius 1 is 1.00 bits per heavy atom. The fourth-order valence-electron chi connectivity index (χ4n) is 2.37. The molecule has 0 atom stereocenters. The molecular weight excluding hydrogens is 382 g/mol. The van der Waals surface area contributed by atoms with Gasteiger partial charge < -0.3 is 9.64 Å². The van der Waals surface area contributed by atoms with E-state index in [4.69, 9.17) is 9.29 Å². The van der Waals surface area contributed by atoms with Crippen molar-refractivity contribution in [3.63, 3.8) is 0 Å². The molecule has 1 N–H and O–H groups in total. The SMILES string of the molecule is CCC(=O)OCCN(CC)c1ccc(N=Nc2ccc(S(=O)(=O)O)cc2)cc1. The number of likely N-dealkylation sites (N-methyl/N-ethyl adjacent to an activating group) is 1. The van der Waals surface area contributed by atoms with Crippen molar-refractivity contribution in [2.45, 2.75) is 25.2 Å². The first kappa shape index (κ1) is 21.5. The maximum atomic E-state index is 11.2. The van der Waals surface area contributed by atoms with Crippen molar-refractivity contribution in [2.75, 3.05) is 24.6 Å². The van der Waals surface area contributed by atoms with Gasteiger partial charge in [0.15, 0.2) is 0 Å². The summed E-state index contributed by atoms with van der Waals surface area (Å²) in [5.41, 5.74) is 2.08. The van der Waals surface area contributed by atoms with Crippen LogP contribution in [0.1, 0.15) is 20.3 Å². The maximum absolute atomic E-state index is 11.2. The Hall–Kier alpha value is -2.78. The predicted molar refractivity (Wildman–Crippen MR) is 106 cm³/mol. The lowest BCUT2D eigenvalue weighted by Gasteiger charge is -2.22. The second-order valence-corrected chi connectivity index (χ2v) is 7.26. The molecule has 0 bridgehead atoms. The van der Waals surface area contributed by atoms with Crippen molar-refractivity contribution in [2.24, 2.45) is 10.2 Å². The first-order valence-corrected chi connectivity index (χ1v) is 10.3. The van der Waals surface area contributed by atoms with Crippen LogP contribution >= 0.6 is 0 Å². The van der Waals surface area contributed by atoms with Crippen molar-refractivity contribution in [1.29, 1.82) is 0 Å². The molecule has 0 aromatic heterocycles. The number of rotatable bonds is 9. The van der Waals surface area contributed by atoms with E-state index < -0.39 is 10.1 Å². The average molecular weight is 405 g/mol. The second-order valence-electron chi connectivity index (χ2n) is 5.84. The molecule has 0 fully saturated rings. The summed E-state index contributed by atoms with van der Waals surface area (Å²) >= 11 is 0. The number of nitrogens with zero attached hydrogens (tertiary/aromatic N) is 3. The molecule has 0 aliphatic carbocycles. The zero-order valence-electron chi connectivity index (χ0n) is 15.8. The maximum Gasteiger partial charge on any atom is 0.305 e. The van der Waals surface area contributed by atoms with Crippen LogP contribution in [0.15, 0.2) is 63.7 Å². The molecule has 0 spiro atoms. The fourth-order valence-corrected chi connectivity index (χ4v) is 2.85. The first-order valence-electron chi connectivity index (χ1n) is 8.83. The highest BCUT2D eigenvalue weighted by molar-refractivity contribution is 7.85. The van der Waals surface area contributed by atoms with E-state index in [1.54, 1.807) is 6.92 Å². The Bertz CT molecular complexity index is 910. The largest absolute Gasteiger partial charge is 0.464 e. The van der Waals surface area contributed by atoms with Crippen LogP contribution in [-0.4, -0.2) is 38.6 Å². The van der Waals surface area contributed by atoms with Crippen molar-refractivity contribution in [1.82, 2.24) is 0 Å². The van der Waals surface area contributed by atoms with E-state index in [0.29, 0.717) is 30.9 Å². The van der Waals surface area contributed by atoms with Crippen molar-refractivity contribution in [3.05, 3.63) is 48.5 Å². The standard InChI is InChI=1S/C19H23N3O5S/c1-3-19(23)27-14-13-22(4-2)17-9-5-15(6-10-17)20-21-16-7-11-18(12-8-16)28(24,25)26/h5-12H,3-4,13-14H2,1-2H3,(H,24,25,26). The Kier molecular flexibility index (Phi) is 7.65. The van der Waals surface area contributed by atoms with Crippen LogP contribution in [0.25, 0.3) is 0 Å². The lowest BCUT2D eigenvalue weighted by molar-refractivity contribution is -0.142. The molecule has 2 aromatic rings. The zero-order chi connectivity index (χ0) is 20.6. The molecule has 0 amide bonds. The van der Waals surface area contributed by atoms with E-state index in [1.165, 1.54) is 24.3 Å². The van der Waals surface area contributed by atoms with Crippen LogP contribution < -0.4 is 4.90 Å². The summed E-state index contributed by atoms with van der Waals surface area (Å²) in [6.07, 6.45) is 0.365. The van der Waals surface area contributed by atoms with Gasteiger partial charge in [0.25, 0.3) is 10.1 Å². The Labute approximate surface area is 164 Å². The van der Waals surface area contributed by atoms with Gasteiger partial charge >= 0.3 is 5.97 Å². The summed E-state index contributed by atoms with van der Waals surface area (Å²) in [7, 11) is -4.22. The number of anilines is 1. The van der Waals surface area contributed by atoms with Gasteiger partial charge in [-0.3, -0.25) is 9.35 Å². The van der Waals surface area contributed by atoms with Crippen molar-refractivity contribution < 1.29 is 22.5 Å². The smallest absolute Gasteiger partial charge is 0.305 e. The molecule has 0 saturated heterocycles. The quantitative estimate of drug-likeness (QED) is 0.382. The van der Waals surface area contributed by atoms with Gasteiger partial charge in [-0.05, 0) is 55.5 Å². The molecule has 0 radical (unpaired) electrons. The van der Waals surface area contributed by atoms with Crippen LogP contribution in [-0.2, 0) is 19.6 Å². The molecule has 28 heavy (non-hydrogen) atoms. The summed E-state index contributed by atoms with van der Waals surface area (Å²) < 4.78 is 36.1. The number of azo groups is 1. The molecule has 0 unspecified atom stereocenters. The molecule has 0 saturated carbocycles. The normalized spacial score (nSPS) is 11.5. The topological polar surface area (TPSA) is 109 Å². The number of hydrogen-bond acceptors (Lipinski definition) is 7. The Balaban J connectivity index is 1.99. The minimum atomic E-state index is -4.22. The minimum absolute atomic E-state index is 0.194. The van der Waals surface area contributed by atoms with Crippen LogP contribution in [0.4, 0.5) is 17.1 Å². The van der Waals surface area contributed by atoms with E-state index in [-0.39, 0.29) is 10.9 Å². The number of benzene rings is 2. The molecule has 0 aliphatic heterocycles. The average Bonchev–Trinajstić information content (AvgIpc) is 2.69. The zero-order valence-corrected chi connectivity index (χ0v) is 16.6. The van der Waals surface area contributed by atoms with E-state index in [0.717, 1.165) is 12.2 Å². The number of carbonyl (C=O) groups is 1. The molecule has 2 rings (SSSR count). The Morgan fingerprint density at radius 2 is 1.54 bits per heavy atom. The molecule has 2 aromatic carbocycles. The number of carbonyl (C=O) groups excluding carboxylic acids is 1. The third kappa shape index (κ3) is 6.43. The van der Waals surface area contributed by atoms with E-state index >= 15 is 0 Å². The number of ether oxygens (including phenoxy) is 1. The van der Waals surface area contributed by atoms with Crippen LogP contribution in [0, 0.1) is 0 Å². The highest BCUT2D eigenvalue weighted by atomic mass is 32.2. The third-order valence-corrected chi connectivity index (χ3v) is 4.79. The van der Waals surface area contributed by atoms with Gasteiger partial charge in [0, 0.05) is 18.7 Å². The predicted octanol–water partition coefficient (Wildman–Crippen LogP) is 4.13. The van der Waals surface area contributed by atoms with Gasteiger partial charge in [-0.25, -0.2) is 0 Å². The van der Waals surface area contributed by atoms with E-state index in [1.807, 2.05) is 31.2 Å². The van der Waals surface area contributed by atoms with E-state index in [2.05, 4.69) is 15.1 Å². The monoisotopic (exact) mass is 405 g/mol. The fraction of sp³-hybridized carbons (Fsp3) is 0.316. The number of esters is 1. The molecule has 9 heteroatoms. The molecular formula is C19H23N3O5S. The van der Waals surface area contributed by atoms with E-state index in [9.17, 15) is 13.2 Å². The molecule has 0 aliphatic rings. The minimum Gasteiger partial charge on any atom is -0.464 e. The lowest BCUT2D eigenvalue weighted by atomic mass is 10.2. The summed E-state index contributed by atoms with van der Waals surface area (Å²) in [6.45, 7) is 5.48. The van der Waals surface area contributed by atoms with Gasteiger partial charge in [-0.1, -0.05) is 6.92 Å². The highest BCUT2D eigenvalue weighted by Crippen LogP contribution is 2.23. The summed E-state index contributed by atoms with van der Waals surface area (Å²) in [5.74, 6) is -0.212. The molecule has 8 nitrogen and oxygen atoms in total. The summed E-state index contributed by atoms with van der Waals surface area (Å²) in [5, 5.41) is 8.17. The number of hydrogen-bond donors (Lipinski definition) is 1. The van der Waals surface area contributed by atoms with Gasteiger partial charge in [0.1, 0.15) is 6.61 Å². The van der Waals surface area contributed by atoms with Gasteiger partial charge in [-0.2, -0.15) is 18.6 Å². The third-order valence-electron chi connectivity index (χ3n) is 3.93. The van der Waals surface area contributed by atoms with Crippen LogP contribution in [0.2, 0.25) is 0 Å². The van der Waals surface area contributed by atoms with Gasteiger partial charge in [-0.15, -0.1) is 0 Å². The van der Waals surface area contributed by atoms with Crippen LogP contribution in [0.5, 0.6) is 0 Å². The molecule has 0 heterocycles.